The van der Waals surface area contributed by atoms with Crippen molar-refractivity contribution in [3.63, 3.8) is 0 Å². The molecule has 0 bridgehead atoms. The van der Waals surface area contributed by atoms with Gasteiger partial charge in [-0.2, -0.15) is 0 Å². The van der Waals surface area contributed by atoms with Gasteiger partial charge in [-0.3, -0.25) is 0 Å². The van der Waals surface area contributed by atoms with E-state index in [1.54, 1.807) is 14.2 Å². The summed E-state index contributed by atoms with van der Waals surface area (Å²) in [6, 6.07) is 4.83. The summed E-state index contributed by atoms with van der Waals surface area (Å²) in [6.07, 6.45) is 7.98. The molecular formula is C17H25NO2. The van der Waals surface area contributed by atoms with Crippen LogP contribution in [0.2, 0.25) is 0 Å². The number of hydrogen-bond acceptors (Lipinski definition) is 3. The normalized spacial score (nSPS) is 22.6. The molecule has 1 fully saturated rings. The highest BCUT2D eigenvalue weighted by Crippen LogP contribution is 2.39. The quantitative estimate of drug-likeness (QED) is 0.912. The highest BCUT2D eigenvalue weighted by Gasteiger charge is 2.26. The Morgan fingerprint density at radius 3 is 2.50 bits per heavy atom. The molecule has 0 radical (unpaired) electrons. The lowest BCUT2D eigenvalue weighted by Crippen LogP contribution is -2.31. The van der Waals surface area contributed by atoms with Gasteiger partial charge in [0.25, 0.3) is 0 Å². The average molecular weight is 275 g/mol. The Labute approximate surface area is 121 Å². The first-order chi connectivity index (χ1) is 9.81. The van der Waals surface area contributed by atoms with E-state index >= 15 is 0 Å². The van der Waals surface area contributed by atoms with Crippen molar-refractivity contribution in [3.05, 3.63) is 23.3 Å². The SMILES string of the molecule is COc1cc2c(cc1OC)C(CC1CCCC1)NCC2. The fourth-order valence-corrected chi connectivity index (χ4v) is 3.76. The van der Waals surface area contributed by atoms with Crippen LogP contribution in [0.1, 0.15) is 49.3 Å². The van der Waals surface area contributed by atoms with Crippen LogP contribution >= 0.6 is 0 Å². The number of methoxy groups -OCH3 is 2. The first-order valence-electron chi connectivity index (χ1n) is 7.80. The monoisotopic (exact) mass is 275 g/mol. The molecule has 1 aromatic rings. The summed E-state index contributed by atoms with van der Waals surface area (Å²) in [4.78, 5) is 0. The molecule has 0 spiro atoms. The average Bonchev–Trinajstić information content (AvgIpc) is 2.99. The van der Waals surface area contributed by atoms with Crippen LogP contribution < -0.4 is 14.8 Å². The maximum Gasteiger partial charge on any atom is 0.161 e. The minimum Gasteiger partial charge on any atom is -0.493 e. The van der Waals surface area contributed by atoms with Gasteiger partial charge < -0.3 is 14.8 Å². The molecule has 1 saturated carbocycles. The minimum absolute atomic E-state index is 0.488. The van der Waals surface area contributed by atoms with Crippen molar-refractivity contribution in [2.24, 2.45) is 5.92 Å². The van der Waals surface area contributed by atoms with Crippen molar-refractivity contribution in [2.45, 2.75) is 44.6 Å². The zero-order chi connectivity index (χ0) is 13.9. The summed E-state index contributed by atoms with van der Waals surface area (Å²) >= 11 is 0. The molecule has 1 unspecified atom stereocenters. The maximum absolute atomic E-state index is 5.47. The fourth-order valence-electron chi connectivity index (χ4n) is 3.76. The molecule has 1 aliphatic heterocycles. The Kier molecular flexibility index (Phi) is 4.16. The molecule has 0 aromatic heterocycles. The third kappa shape index (κ3) is 2.64. The molecule has 110 valence electrons. The summed E-state index contributed by atoms with van der Waals surface area (Å²) in [6.45, 7) is 1.07. The topological polar surface area (TPSA) is 30.5 Å². The Morgan fingerprint density at radius 2 is 1.80 bits per heavy atom. The smallest absolute Gasteiger partial charge is 0.161 e. The summed E-state index contributed by atoms with van der Waals surface area (Å²) in [5.74, 6) is 2.60. The molecule has 3 heteroatoms. The van der Waals surface area contributed by atoms with E-state index in [1.165, 1.54) is 43.2 Å². The van der Waals surface area contributed by atoms with E-state index in [0.717, 1.165) is 30.4 Å². The van der Waals surface area contributed by atoms with E-state index in [0.29, 0.717) is 6.04 Å². The van der Waals surface area contributed by atoms with Crippen molar-refractivity contribution in [2.75, 3.05) is 20.8 Å². The van der Waals surface area contributed by atoms with Gasteiger partial charge in [0.1, 0.15) is 0 Å². The second-order valence-corrected chi connectivity index (χ2v) is 6.05. The molecule has 1 atom stereocenters. The molecule has 2 aliphatic rings. The van der Waals surface area contributed by atoms with Crippen LogP contribution in [0.15, 0.2) is 12.1 Å². The summed E-state index contributed by atoms with van der Waals surface area (Å²) in [5.41, 5.74) is 2.84. The fraction of sp³-hybridized carbons (Fsp3) is 0.647. The summed E-state index contributed by atoms with van der Waals surface area (Å²) < 4.78 is 10.9. The minimum atomic E-state index is 0.488. The zero-order valence-electron chi connectivity index (χ0n) is 12.6. The molecule has 0 amide bonds. The Bertz CT molecular complexity index is 466. The van der Waals surface area contributed by atoms with Gasteiger partial charge in [-0.1, -0.05) is 25.7 Å². The van der Waals surface area contributed by atoms with Gasteiger partial charge in [0.05, 0.1) is 14.2 Å². The second-order valence-electron chi connectivity index (χ2n) is 6.05. The Morgan fingerprint density at radius 1 is 1.10 bits per heavy atom. The maximum atomic E-state index is 5.47. The highest BCUT2D eigenvalue weighted by atomic mass is 16.5. The van der Waals surface area contributed by atoms with Crippen molar-refractivity contribution >= 4 is 0 Å². The van der Waals surface area contributed by atoms with E-state index < -0.39 is 0 Å². The molecule has 0 saturated heterocycles. The zero-order valence-corrected chi connectivity index (χ0v) is 12.6. The van der Waals surface area contributed by atoms with Gasteiger partial charge in [0.2, 0.25) is 0 Å². The Balaban J connectivity index is 1.86. The van der Waals surface area contributed by atoms with E-state index in [9.17, 15) is 0 Å². The molecule has 1 N–H and O–H groups in total. The van der Waals surface area contributed by atoms with E-state index in [2.05, 4.69) is 17.4 Å². The molecule has 1 aliphatic carbocycles. The number of rotatable bonds is 4. The van der Waals surface area contributed by atoms with Crippen LogP contribution in [-0.4, -0.2) is 20.8 Å². The predicted octanol–water partition coefficient (Wildman–Crippen LogP) is 3.47. The van der Waals surface area contributed by atoms with Gasteiger partial charge >= 0.3 is 0 Å². The molecule has 1 heterocycles. The van der Waals surface area contributed by atoms with Gasteiger partial charge in [-0.15, -0.1) is 0 Å². The Hall–Kier alpha value is -1.22. The second kappa shape index (κ2) is 6.04. The predicted molar refractivity (Wildman–Crippen MR) is 80.6 cm³/mol. The third-order valence-electron chi connectivity index (χ3n) is 4.85. The van der Waals surface area contributed by atoms with Crippen LogP contribution in [0.4, 0.5) is 0 Å². The lowest BCUT2D eigenvalue weighted by atomic mass is 9.87. The van der Waals surface area contributed by atoms with Gasteiger partial charge in [-0.05, 0) is 48.6 Å². The molecule has 20 heavy (non-hydrogen) atoms. The first-order valence-corrected chi connectivity index (χ1v) is 7.80. The van der Waals surface area contributed by atoms with E-state index in [1.807, 2.05) is 0 Å². The van der Waals surface area contributed by atoms with Crippen LogP contribution in [0.5, 0.6) is 11.5 Å². The van der Waals surface area contributed by atoms with E-state index in [4.69, 9.17) is 9.47 Å². The van der Waals surface area contributed by atoms with E-state index in [-0.39, 0.29) is 0 Å². The molecule has 3 nitrogen and oxygen atoms in total. The largest absolute Gasteiger partial charge is 0.493 e. The van der Waals surface area contributed by atoms with Crippen LogP contribution in [0.25, 0.3) is 0 Å². The van der Waals surface area contributed by atoms with Gasteiger partial charge in [-0.25, -0.2) is 0 Å². The van der Waals surface area contributed by atoms with Crippen molar-refractivity contribution in [1.82, 2.24) is 5.32 Å². The van der Waals surface area contributed by atoms with Crippen LogP contribution in [0, 0.1) is 5.92 Å². The number of ether oxygens (including phenoxy) is 2. The van der Waals surface area contributed by atoms with Crippen molar-refractivity contribution in [1.29, 1.82) is 0 Å². The lowest BCUT2D eigenvalue weighted by molar-refractivity contribution is 0.347. The molecule has 3 rings (SSSR count). The van der Waals surface area contributed by atoms with Gasteiger partial charge in [0.15, 0.2) is 11.5 Å². The third-order valence-corrected chi connectivity index (χ3v) is 4.85. The summed E-state index contributed by atoms with van der Waals surface area (Å²) in [7, 11) is 3.42. The molecule has 1 aromatic carbocycles. The lowest BCUT2D eigenvalue weighted by Gasteiger charge is -2.30. The van der Waals surface area contributed by atoms with Gasteiger partial charge in [0, 0.05) is 6.04 Å². The van der Waals surface area contributed by atoms with Crippen molar-refractivity contribution < 1.29 is 9.47 Å². The number of benzene rings is 1. The highest BCUT2D eigenvalue weighted by molar-refractivity contribution is 5.49. The number of hydrogen-bond donors (Lipinski definition) is 1. The standard InChI is InChI=1S/C17H25NO2/c1-19-16-10-13-7-8-18-15(9-12-5-3-4-6-12)14(13)11-17(16)20-2/h10-12,15,18H,3-9H2,1-2H3. The summed E-state index contributed by atoms with van der Waals surface area (Å²) in [5, 5.41) is 3.69. The number of fused-ring (bicyclic) bond motifs is 1. The van der Waals surface area contributed by atoms with Crippen molar-refractivity contribution in [3.8, 4) is 11.5 Å². The van der Waals surface area contributed by atoms with Crippen LogP contribution in [0.3, 0.4) is 0 Å². The van der Waals surface area contributed by atoms with Crippen LogP contribution in [-0.2, 0) is 6.42 Å². The number of nitrogens with one attached hydrogen (secondary N) is 1. The first kappa shape index (κ1) is 13.7. The molecular weight excluding hydrogens is 250 g/mol.